The van der Waals surface area contributed by atoms with E-state index in [9.17, 15) is 4.79 Å². The fraction of sp³-hybridized carbons (Fsp3) is 0.0952. The Morgan fingerprint density at radius 2 is 1.96 bits per heavy atom. The number of nitrogens with zero attached hydrogens (tertiary/aromatic N) is 3. The first-order chi connectivity index (χ1) is 13.7. The molecule has 0 radical (unpaired) electrons. The van der Waals surface area contributed by atoms with Gasteiger partial charge in [0, 0.05) is 16.7 Å². The van der Waals surface area contributed by atoms with Gasteiger partial charge in [0.25, 0.3) is 5.91 Å². The smallest absolute Gasteiger partial charge is 0.261 e. The zero-order valence-electron chi connectivity index (χ0n) is 15.0. The van der Waals surface area contributed by atoms with Gasteiger partial charge in [-0.2, -0.15) is 0 Å². The molecule has 0 fully saturated rings. The van der Waals surface area contributed by atoms with Gasteiger partial charge in [-0.25, -0.2) is 4.98 Å². The molecule has 4 rings (SSSR count). The van der Waals surface area contributed by atoms with Crippen LogP contribution in [0.1, 0.15) is 16.1 Å². The van der Waals surface area contributed by atoms with Crippen molar-refractivity contribution in [3.05, 3.63) is 82.6 Å². The third-order valence-electron chi connectivity index (χ3n) is 4.21. The van der Waals surface area contributed by atoms with Gasteiger partial charge in [0.15, 0.2) is 5.13 Å². The average molecular weight is 454 g/mol. The van der Waals surface area contributed by atoms with Gasteiger partial charge in [-0.05, 0) is 52.3 Å². The van der Waals surface area contributed by atoms with Crippen molar-refractivity contribution in [2.75, 3.05) is 12.0 Å². The van der Waals surface area contributed by atoms with E-state index in [1.54, 1.807) is 24.3 Å². The second-order valence-corrected chi connectivity index (χ2v) is 7.89. The van der Waals surface area contributed by atoms with E-state index in [1.807, 2.05) is 54.6 Å². The Morgan fingerprint density at radius 1 is 1.14 bits per heavy atom. The number of carbonyl (C=O) groups excluding carboxylic acids is 1. The fourth-order valence-electron chi connectivity index (χ4n) is 2.80. The van der Waals surface area contributed by atoms with E-state index in [1.165, 1.54) is 11.3 Å². The number of benzene rings is 2. The van der Waals surface area contributed by atoms with E-state index >= 15 is 0 Å². The van der Waals surface area contributed by atoms with Crippen LogP contribution in [-0.4, -0.2) is 23.0 Å². The number of methoxy groups -OCH3 is 1. The van der Waals surface area contributed by atoms with Crippen molar-refractivity contribution in [3.8, 4) is 5.75 Å². The Balaban J connectivity index is 1.78. The molecule has 0 saturated carbocycles. The molecule has 0 atom stereocenters. The highest BCUT2D eigenvalue weighted by Gasteiger charge is 2.23. The standard InChI is InChI=1S/C21H16BrN3O2S/c1-27-15-9-10-19-18(12-15)24-21(28-19)25(13-14-6-4-5-11-23-14)20(26)16-7-2-3-8-17(16)22/h2-12H,13H2,1H3. The van der Waals surface area contributed by atoms with Gasteiger partial charge in [0.1, 0.15) is 5.75 Å². The molecule has 7 heteroatoms. The summed E-state index contributed by atoms with van der Waals surface area (Å²) in [4.78, 5) is 24.1. The van der Waals surface area contributed by atoms with Crippen LogP contribution in [-0.2, 0) is 6.54 Å². The molecule has 0 aliphatic rings. The molecule has 28 heavy (non-hydrogen) atoms. The normalized spacial score (nSPS) is 10.8. The van der Waals surface area contributed by atoms with Crippen LogP contribution in [0.4, 0.5) is 5.13 Å². The van der Waals surface area contributed by atoms with Crippen LogP contribution in [0.5, 0.6) is 5.75 Å². The first-order valence-corrected chi connectivity index (χ1v) is 10.2. The minimum Gasteiger partial charge on any atom is -0.497 e. The molecule has 2 aromatic heterocycles. The van der Waals surface area contributed by atoms with Crippen molar-refractivity contribution in [1.82, 2.24) is 9.97 Å². The Kier molecular flexibility index (Phi) is 5.36. The number of pyridine rings is 1. The molecule has 140 valence electrons. The summed E-state index contributed by atoms with van der Waals surface area (Å²) in [6.45, 7) is 0.331. The molecule has 0 saturated heterocycles. The predicted octanol–water partition coefficient (Wildman–Crippen LogP) is 5.31. The number of aromatic nitrogens is 2. The predicted molar refractivity (Wildman–Crippen MR) is 115 cm³/mol. The lowest BCUT2D eigenvalue weighted by Gasteiger charge is -2.20. The minimum absolute atomic E-state index is 0.135. The van der Waals surface area contributed by atoms with Crippen LogP contribution in [0.15, 0.2) is 71.3 Å². The van der Waals surface area contributed by atoms with Crippen molar-refractivity contribution in [3.63, 3.8) is 0 Å². The summed E-state index contributed by atoms with van der Waals surface area (Å²) in [5, 5.41) is 0.620. The van der Waals surface area contributed by atoms with E-state index in [0.717, 1.165) is 26.1 Å². The van der Waals surface area contributed by atoms with Gasteiger partial charge in [0.2, 0.25) is 0 Å². The minimum atomic E-state index is -0.135. The number of rotatable bonds is 5. The molecule has 1 amide bonds. The van der Waals surface area contributed by atoms with Gasteiger partial charge >= 0.3 is 0 Å². The number of anilines is 1. The summed E-state index contributed by atoms with van der Waals surface area (Å²) in [6, 6.07) is 18.8. The van der Waals surface area contributed by atoms with Crippen LogP contribution in [0.2, 0.25) is 0 Å². The molecule has 2 heterocycles. The Hall–Kier alpha value is -2.77. The first kappa shape index (κ1) is 18.6. The zero-order valence-corrected chi connectivity index (χ0v) is 17.4. The van der Waals surface area contributed by atoms with Crippen LogP contribution >= 0.6 is 27.3 Å². The number of thiazole rings is 1. The van der Waals surface area contributed by atoms with Gasteiger partial charge in [-0.15, -0.1) is 0 Å². The highest BCUT2D eigenvalue weighted by Crippen LogP contribution is 2.33. The molecule has 0 bridgehead atoms. The number of hydrogen-bond donors (Lipinski definition) is 0. The van der Waals surface area contributed by atoms with Crippen molar-refractivity contribution in [2.24, 2.45) is 0 Å². The van der Waals surface area contributed by atoms with E-state index in [0.29, 0.717) is 17.2 Å². The number of halogens is 1. The van der Waals surface area contributed by atoms with Crippen molar-refractivity contribution in [1.29, 1.82) is 0 Å². The van der Waals surface area contributed by atoms with Crippen LogP contribution in [0.3, 0.4) is 0 Å². The topological polar surface area (TPSA) is 55.3 Å². The van der Waals surface area contributed by atoms with Crippen LogP contribution in [0.25, 0.3) is 10.2 Å². The molecular formula is C21H16BrN3O2S. The van der Waals surface area contributed by atoms with Crippen molar-refractivity contribution < 1.29 is 9.53 Å². The molecule has 0 unspecified atom stereocenters. The Labute approximate surface area is 174 Å². The molecule has 0 aliphatic heterocycles. The lowest BCUT2D eigenvalue weighted by molar-refractivity contribution is 0.0984. The quantitative estimate of drug-likeness (QED) is 0.410. The fourth-order valence-corrected chi connectivity index (χ4v) is 4.20. The van der Waals surface area contributed by atoms with Gasteiger partial charge in [-0.1, -0.05) is 29.5 Å². The number of fused-ring (bicyclic) bond motifs is 1. The maximum atomic E-state index is 13.4. The monoisotopic (exact) mass is 453 g/mol. The summed E-state index contributed by atoms with van der Waals surface area (Å²) in [7, 11) is 1.62. The third kappa shape index (κ3) is 3.76. The maximum absolute atomic E-state index is 13.4. The lowest BCUT2D eigenvalue weighted by atomic mass is 10.2. The highest BCUT2D eigenvalue weighted by atomic mass is 79.9. The van der Waals surface area contributed by atoms with Crippen molar-refractivity contribution in [2.45, 2.75) is 6.54 Å². The molecule has 0 spiro atoms. The summed E-state index contributed by atoms with van der Waals surface area (Å²) >= 11 is 4.95. The Morgan fingerprint density at radius 3 is 2.71 bits per heavy atom. The van der Waals surface area contributed by atoms with Gasteiger partial charge in [-0.3, -0.25) is 14.7 Å². The summed E-state index contributed by atoms with van der Waals surface area (Å²) < 4.78 is 7.02. The summed E-state index contributed by atoms with van der Waals surface area (Å²) in [5.74, 6) is 0.599. The number of ether oxygens (including phenoxy) is 1. The lowest BCUT2D eigenvalue weighted by Crippen LogP contribution is -2.31. The second-order valence-electron chi connectivity index (χ2n) is 6.02. The highest BCUT2D eigenvalue weighted by molar-refractivity contribution is 9.10. The van der Waals surface area contributed by atoms with E-state index in [2.05, 4.69) is 20.9 Å². The number of amides is 1. The van der Waals surface area contributed by atoms with Crippen LogP contribution in [0, 0.1) is 0 Å². The third-order valence-corrected chi connectivity index (χ3v) is 5.96. The summed E-state index contributed by atoms with van der Waals surface area (Å²) in [5.41, 5.74) is 2.17. The van der Waals surface area contributed by atoms with Crippen LogP contribution < -0.4 is 9.64 Å². The molecule has 2 aromatic carbocycles. The largest absolute Gasteiger partial charge is 0.497 e. The second kappa shape index (κ2) is 8.08. The molecule has 0 N–H and O–H groups in total. The molecule has 4 aromatic rings. The van der Waals surface area contributed by atoms with E-state index < -0.39 is 0 Å². The molecule has 0 aliphatic carbocycles. The van der Waals surface area contributed by atoms with Gasteiger partial charge in [0.05, 0.1) is 35.1 Å². The average Bonchev–Trinajstić information content (AvgIpc) is 3.15. The zero-order chi connectivity index (χ0) is 19.5. The van der Waals surface area contributed by atoms with Crippen molar-refractivity contribution >= 4 is 48.5 Å². The first-order valence-electron chi connectivity index (χ1n) is 8.56. The molecular weight excluding hydrogens is 438 g/mol. The SMILES string of the molecule is COc1ccc2sc(N(Cc3ccccn3)C(=O)c3ccccc3Br)nc2c1. The number of hydrogen-bond acceptors (Lipinski definition) is 5. The maximum Gasteiger partial charge on any atom is 0.261 e. The summed E-state index contributed by atoms with van der Waals surface area (Å²) in [6.07, 6.45) is 1.72. The Bertz CT molecular complexity index is 1130. The molecule has 5 nitrogen and oxygen atoms in total. The van der Waals surface area contributed by atoms with Gasteiger partial charge < -0.3 is 4.74 Å². The van der Waals surface area contributed by atoms with E-state index in [-0.39, 0.29) is 5.91 Å². The van der Waals surface area contributed by atoms with E-state index in [4.69, 9.17) is 9.72 Å². The number of carbonyl (C=O) groups is 1.